The molecule has 5 aromatic rings. The monoisotopic (exact) mass is 625 g/mol. The molecule has 238 valence electrons. The Morgan fingerprint density at radius 3 is 2.15 bits per heavy atom. The Kier molecular flexibility index (Phi) is 10.3. The van der Waals surface area contributed by atoms with Crippen LogP contribution in [0, 0.1) is 18.7 Å². The SMILES string of the molecule is Cc1nc2ccccc2c(=O)n1CCN1CCC(Cc2nc3ccccc3n2Cc2ccc(F)cc2)CC1.O=C(O)/C=C/C(=O)O. The first kappa shape index (κ1) is 32.2. The molecule has 0 atom stereocenters. The minimum absolute atomic E-state index is 0.0445. The van der Waals surface area contributed by atoms with Crippen LogP contribution in [0.1, 0.15) is 30.1 Å². The van der Waals surface area contributed by atoms with E-state index in [4.69, 9.17) is 15.2 Å². The van der Waals surface area contributed by atoms with E-state index in [1.807, 2.05) is 60.0 Å². The summed E-state index contributed by atoms with van der Waals surface area (Å²) in [5, 5.41) is 16.3. The van der Waals surface area contributed by atoms with Gasteiger partial charge in [0.15, 0.2) is 0 Å². The highest BCUT2D eigenvalue weighted by Crippen LogP contribution is 2.25. The summed E-state index contributed by atoms with van der Waals surface area (Å²) in [5.41, 5.74) is 4.00. The lowest BCUT2D eigenvalue weighted by atomic mass is 9.93. The van der Waals surface area contributed by atoms with E-state index in [1.165, 1.54) is 12.1 Å². The third-order valence-electron chi connectivity index (χ3n) is 8.23. The van der Waals surface area contributed by atoms with E-state index < -0.39 is 11.9 Å². The Morgan fingerprint density at radius 1 is 0.848 bits per heavy atom. The van der Waals surface area contributed by atoms with Gasteiger partial charge in [-0.05, 0) is 80.7 Å². The molecule has 1 saturated heterocycles. The van der Waals surface area contributed by atoms with E-state index in [2.05, 4.69) is 26.6 Å². The maximum Gasteiger partial charge on any atom is 0.328 e. The average Bonchev–Trinajstić information content (AvgIpc) is 3.38. The van der Waals surface area contributed by atoms with Gasteiger partial charge >= 0.3 is 11.9 Å². The molecule has 0 radical (unpaired) electrons. The number of imidazole rings is 1. The number of halogens is 1. The molecule has 0 spiro atoms. The third kappa shape index (κ3) is 8.10. The summed E-state index contributed by atoms with van der Waals surface area (Å²) in [6.45, 7) is 6.12. The fourth-order valence-electron chi connectivity index (χ4n) is 5.83. The quantitative estimate of drug-likeness (QED) is 0.221. The zero-order chi connectivity index (χ0) is 32.6. The molecule has 3 heterocycles. The van der Waals surface area contributed by atoms with Gasteiger partial charge in [0.1, 0.15) is 17.5 Å². The standard InChI is InChI=1S/C31H32FN5O.C4H4O4/c1-22-33-27-7-3-2-6-26(27)31(38)36(22)19-18-35-16-14-23(15-17-35)20-30-34-28-8-4-5-9-29(28)37(30)21-24-10-12-25(32)13-11-24;5-3(6)1-2-4(7)8/h2-13,23H,14-21H2,1H3;1-2H,(H,5,6)(H,7,8)/b;2-1+. The summed E-state index contributed by atoms with van der Waals surface area (Å²) in [5.74, 6) is -0.309. The zero-order valence-electron chi connectivity index (χ0n) is 25.6. The van der Waals surface area contributed by atoms with Gasteiger partial charge in [-0.15, -0.1) is 0 Å². The zero-order valence-corrected chi connectivity index (χ0v) is 25.6. The summed E-state index contributed by atoms with van der Waals surface area (Å²) in [4.78, 5) is 44.2. The van der Waals surface area contributed by atoms with Crippen LogP contribution in [0.15, 0.2) is 89.7 Å². The molecular weight excluding hydrogens is 589 g/mol. The van der Waals surface area contributed by atoms with Crippen molar-refractivity contribution in [2.45, 2.75) is 39.3 Å². The Balaban J connectivity index is 0.000000463. The Bertz CT molecular complexity index is 1910. The van der Waals surface area contributed by atoms with E-state index in [0.29, 0.717) is 36.5 Å². The number of para-hydroxylation sites is 3. The predicted molar refractivity (Wildman–Crippen MR) is 173 cm³/mol. The van der Waals surface area contributed by atoms with Crippen LogP contribution in [0.25, 0.3) is 21.9 Å². The van der Waals surface area contributed by atoms with Gasteiger partial charge < -0.3 is 19.7 Å². The predicted octanol–water partition coefficient (Wildman–Crippen LogP) is 4.91. The number of aromatic nitrogens is 4. The second-order valence-corrected chi connectivity index (χ2v) is 11.4. The van der Waals surface area contributed by atoms with Crippen molar-refractivity contribution in [1.29, 1.82) is 0 Å². The number of carbonyl (C=O) groups is 2. The van der Waals surface area contributed by atoms with E-state index >= 15 is 0 Å². The van der Waals surface area contributed by atoms with Gasteiger partial charge in [-0.3, -0.25) is 9.36 Å². The molecule has 6 rings (SSSR count). The van der Waals surface area contributed by atoms with Gasteiger partial charge in [-0.25, -0.2) is 23.9 Å². The van der Waals surface area contributed by atoms with Crippen molar-refractivity contribution in [1.82, 2.24) is 24.0 Å². The van der Waals surface area contributed by atoms with Crippen LogP contribution in [0.3, 0.4) is 0 Å². The highest BCUT2D eigenvalue weighted by Gasteiger charge is 2.22. The van der Waals surface area contributed by atoms with Crippen LogP contribution in [0.2, 0.25) is 0 Å². The molecule has 0 aliphatic carbocycles. The highest BCUT2D eigenvalue weighted by molar-refractivity contribution is 5.89. The number of nitrogens with zero attached hydrogens (tertiary/aromatic N) is 5. The molecule has 0 unspecified atom stereocenters. The number of aliphatic carboxylic acids is 2. The minimum atomic E-state index is -1.26. The number of aryl methyl sites for hydroxylation is 1. The second kappa shape index (κ2) is 14.7. The van der Waals surface area contributed by atoms with Gasteiger partial charge in [-0.1, -0.05) is 36.4 Å². The molecule has 11 heteroatoms. The summed E-state index contributed by atoms with van der Waals surface area (Å²) >= 11 is 0. The number of piperidine rings is 1. The molecule has 1 fully saturated rings. The van der Waals surface area contributed by atoms with Crippen molar-refractivity contribution in [3.05, 3.63) is 118 Å². The first-order chi connectivity index (χ1) is 22.2. The molecule has 2 N–H and O–H groups in total. The van der Waals surface area contributed by atoms with Crippen LogP contribution >= 0.6 is 0 Å². The Morgan fingerprint density at radius 2 is 1.48 bits per heavy atom. The molecule has 0 saturated carbocycles. The van der Waals surface area contributed by atoms with Crippen molar-refractivity contribution in [3.8, 4) is 0 Å². The molecule has 1 aliphatic rings. The average molecular weight is 626 g/mol. The van der Waals surface area contributed by atoms with Crippen molar-refractivity contribution in [2.24, 2.45) is 5.92 Å². The van der Waals surface area contributed by atoms with Crippen LogP contribution in [0.4, 0.5) is 4.39 Å². The van der Waals surface area contributed by atoms with Crippen LogP contribution in [0.5, 0.6) is 0 Å². The molecule has 3 aromatic carbocycles. The number of likely N-dealkylation sites (tertiary alicyclic amines) is 1. The van der Waals surface area contributed by atoms with E-state index in [0.717, 1.165) is 72.7 Å². The number of hydrogen-bond acceptors (Lipinski definition) is 6. The number of fused-ring (bicyclic) bond motifs is 2. The van der Waals surface area contributed by atoms with Gasteiger partial charge in [0.05, 0.1) is 21.9 Å². The topological polar surface area (TPSA) is 131 Å². The molecule has 2 aromatic heterocycles. The summed E-state index contributed by atoms with van der Waals surface area (Å²) in [7, 11) is 0. The van der Waals surface area contributed by atoms with Crippen LogP contribution < -0.4 is 5.56 Å². The molecule has 0 amide bonds. The summed E-state index contributed by atoms with van der Waals surface area (Å²) in [6.07, 6.45) is 4.24. The second-order valence-electron chi connectivity index (χ2n) is 11.4. The largest absolute Gasteiger partial charge is 0.478 e. The number of hydrogen-bond donors (Lipinski definition) is 2. The fourth-order valence-corrected chi connectivity index (χ4v) is 5.83. The van der Waals surface area contributed by atoms with Crippen molar-refractivity contribution >= 4 is 33.9 Å². The maximum atomic E-state index is 13.4. The van der Waals surface area contributed by atoms with Crippen LogP contribution in [-0.4, -0.2) is 65.8 Å². The molecule has 1 aliphatic heterocycles. The van der Waals surface area contributed by atoms with Gasteiger partial charge in [0.2, 0.25) is 0 Å². The number of rotatable bonds is 9. The number of benzene rings is 3. The van der Waals surface area contributed by atoms with Gasteiger partial charge in [0, 0.05) is 38.2 Å². The molecule has 0 bridgehead atoms. The highest BCUT2D eigenvalue weighted by atomic mass is 19.1. The lowest BCUT2D eigenvalue weighted by Crippen LogP contribution is -2.38. The van der Waals surface area contributed by atoms with Gasteiger partial charge in [-0.2, -0.15) is 0 Å². The molecule has 46 heavy (non-hydrogen) atoms. The molecular formula is C35H36FN5O5. The number of carboxylic acid groups (broad SMARTS) is 2. The first-order valence-corrected chi connectivity index (χ1v) is 15.2. The maximum absolute atomic E-state index is 13.4. The van der Waals surface area contributed by atoms with Crippen molar-refractivity contribution < 1.29 is 24.2 Å². The Hall–Kier alpha value is -5.16. The third-order valence-corrected chi connectivity index (χ3v) is 8.23. The van der Waals surface area contributed by atoms with Crippen molar-refractivity contribution in [3.63, 3.8) is 0 Å². The van der Waals surface area contributed by atoms with Crippen molar-refractivity contribution in [2.75, 3.05) is 19.6 Å². The smallest absolute Gasteiger partial charge is 0.328 e. The summed E-state index contributed by atoms with van der Waals surface area (Å²) in [6, 6.07) is 22.6. The van der Waals surface area contributed by atoms with Crippen LogP contribution in [-0.2, 0) is 29.1 Å². The van der Waals surface area contributed by atoms with E-state index in [-0.39, 0.29) is 11.4 Å². The minimum Gasteiger partial charge on any atom is -0.478 e. The van der Waals surface area contributed by atoms with Gasteiger partial charge in [0.25, 0.3) is 5.56 Å². The normalized spacial score (nSPS) is 14.0. The Labute approximate surface area is 265 Å². The fraction of sp³-hybridized carbons (Fsp3) is 0.286. The lowest BCUT2D eigenvalue weighted by Gasteiger charge is -2.32. The van der Waals surface area contributed by atoms with E-state index in [1.54, 1.807) is 0 Å². The lowest BCUT2D eigenvalue weighted by molar-refractivity contribution is -0.134. The molecule has 10 nitrogen and oxygen atoms in total. The first-order valence-electron chi connectivity index (χ1n) is 15.2. The number of carboxylic acids is 2. The summed E-state index contributed by atoms with van der Waals surface area (Å²) < 4.78 is 17.5. The van der Waals surface area contributed by atoms with E-state index in [9.17, 15) is 18.8 Å².